The van der Waals surface area contributed by atoms with Gasteiger partial charge in [-0.05, 0) is 33.2 Å². The van der Waals surface area contributed by atoms with Gasteiger partial charge in [0.15, 0.2) is 0 Å². The Morgan fingerprint density at radius 3 is 2.56 bits per heavy atom. The van der Waals surface area contributed by atoms with Gasteiger partial charge in [0.25, 0.3) is 0 Å². The van der Waals surface area contributed by atoms with Crippen molar-refractivity contribution >= 4 is 5.69 Å². The fraction of sp³-hybridized carbons (Fsp3) is 0.333. The molecule has 0 radical (unpaired) electrons. The summed E-state index contributed by atoms with van der Waals surface area (Å²) < 4.78 is 0. The van der Waals surface area contributed by atoms with E-state index in [9.17, 15) is 0 Å². The van der Waals surface area contributed by atoms with Gasteiger partial charge in [0.1, 0.15) is 0 Å². The first-order chi connectivity index (χ1) is 7.07. The van der Waals surface area contributed by atoms with Gasteiger partial charge in [0.05, 0.1) is 0 Å². The predicted molar refractivity (Wildman–Crippen MR) is 60.6 cm³/mol. The van der Waals surface area contributed by atoms with Crippen LogP contribution in [-0.2, 0) is 21.1 Å². The molecule has 1 aliphatic heterocycles. The maximum atomic E-state index is 3.95. The van der Waals surface area contributed by atoms with Gasteiger partial charge >= 0.3 is 21.1 Å². The van der Waals surface area contributed by atoms with E-state index in [0.717, 1.165) is 5.69 Å². The van der Waals surface area contributed by atoms with E-state index < -0.39 is 0 Å². The zero-order valence-corrected chi connectivity index (χ0v) is 11.9. The zero-order valence-electron chi connectivity index (χ0n) is 9.62. The fourth-order valence-corrected chi connectivity index (χ4v) is 1.36. The van der Waals surface area contributed by atoms with Crippen LogP contribution in [0.4, 0.5) is 5.69 Å². The van der Waals surface area contributed by atoms with Crippen molar-refractivity contribution in [3.63, 3.8) is 0 Å². The van der Waals surface area contributed by atoms with Crippen molar-refractivity contribution in [2.45, 2.75) is 26.3 Å². The van der Waals surface area contributed by atoms with Crippen molar-refractivity contribution in [2.75, 3.05) is 4.90 Å². The zero-order chi connectivity index (χ0) is 10.9. The minimum absolute atomic E-state index is 0. The van der Waals surface area contributed by atoms with E-state index in [-0.39, 0.29) is 26.6 Å². The molecule has 1 aromatic heterocycles. The molecule has 4 heteroatoms. The summed E-state index contributed by atoms with van der Waals surface area (Å²) in [5.74, 6) is 0. The maximum Gasteiger partial charge on any atom is 2.00 e. The molecule has 0 saturated carbocycles. The molecule has 0 unspecified atom stereocenters. The average Bonchev–Trinajstić information content (AvgIpc) is 2.67. The first-order valence-corrected chi connectivity index (χ1v) is 4.99. The summed E-state index contributed by atoms with van der Waals surface area (Å²) in [6.45, 7) is 8.58. The number of pyridine rings is 1. The Morgan fingerprint density at radius 1 is 1.31 bits per heavy atom. The second-order valence-electron chi connectivity index (χ2n) is 4.52. The number of hydrogen-bond acceptors (Lipinski definition) is 3. The molecule has 3 nitrogen and oxygen atoms in total. The van der Waals surface area contributed by atoms with E-state index in [0.29, 0.717) is 0 Å². The molecule has 1 aliphatic rings. The standard InChI is InChI=1S/C12H15N3.Pt/c1-12(2,3)15-9-8-14(10-15)11-4-6-13-7-5-11;/h4,6-10H,1-3H3;/q-2;+2. The number of rotatable bonds is 1. The van der Waals surface area contributed by atoms with Crippen LogP contribution in [0.25, 0.3) is 0 Å². The van der Waals surface area contributed by atoms with Crippen molar-refractivity contribution < 1.29 is 21.1 Å². The summed E-state index contributed by atoms with van der Waals surface area (Å²) in [6.07, 6.45) is 7.54. The molecule has 0 spiro atoms. The molecule has 0 N–H and O–H groups in total. The Balaban J connectivity index is 0.00000128. The second kappa shape index (κ2) is 5.01. The summed E-state index contributed by atoms with van der Waals surface area (Å²) in [4.78, 5) is 8.15. The maximum absolute atomic E-state index is 3.95. The summed E-state index contributed by atoms with van der Waals surface area (Å²) in [5.41, 5.74) is 1.12. The quantitative estimate of drug-likeness (QED) is 0.680. The Kier molecular flexibility index (Phi) is 4.14. The van der Waals surface area contributed by atoms with Crippen LogP contribution in [0, 0.1) is 12.7 Å². The number of aromatic nitrogens is 1. The summed E-state index contributed by atoms with van der Waals surface area (Å²) in [6, 6.07) is 5.03. The molecule has 0 amide bonds. The Bertz CT molecular complexity index is 356. The first kappa shape index (κ1) is 13.2. The van der Waals surface area contributed by atoms with Crippen LogP contribution >= 0.6 is 0 Å². The fourth-order valence-electron chi connectivity index (χ4n) is 1.36. The third kappa shape index (κ3) is 2.85. The molecule has 0 atom stereocenters. The Hall–Kier alpha value is -0.822. The van der Waals surface area contributed by atoms with Gasteiger partial charge in [-0.15, -0.1) is 0 Å². The predicted octanol–water partition coefficient (Wildman–Crippen LogP) is 2.39. The van der Waals surface area contributed by atoms with E-state index in [1.807, 2.05) is 17.2 Å². The molecular weight excluding hydrogens is 381 g/mol. The minimum Gasteiger partial charge on any atom is -0.510 e. The Morgan fingerprint density at radius 2 is 2.06 bits per heavy atom. The summed E-state index contributed by atoms with van der Waals surface area (Å²) >= 11 is 0. The van der Waals surface area contributed by atoms with Gasteiger partial charge < -0.3 is 14.8 Å². The smallest absolute Gasteiger partial charge is 0.510 e. The molecule has 0 bridgehead atoms. The molecular formula is C12H15N3Pt. The topological polar surface area (TPSA) is 19.4 Å². The summed E-state index contributed by atoms with van der Waals surface area (Å²) in [7, 11) is 0. The monoisotopic (exact) mass is 396 g/mol. The van der Waals surface area contributed by atoms with Crippen LogP contribution < -0.4 is 4.90 Å². The van der Waals surface area contributed by atoms with E-state index in [2.05, 4.69) is 49.6 Å². The van der Waals surface area contributed by atoms with E-state index in [1.165, 1.54) is 0 Å². The van der Waals surface area contributed by atoms with Crippen molar-refractivity contribution in [3.05, 3.63) is 43.6 Å². The SMILES string of the molecule is CC(C)(C)N1C=CN(c2[c-]cncc2)[CH-]1.[Pt+2]. The normalized spacial score (nSPS) is 15.2. The third-order valence-corrected chi connectivity index (χ3v) is 2.29. The molecule has 0 aromatic carbocycles. The van der Waals surface area contributed by atoms with Crippen molar-refractivity contribution in [1.29, 1.82) is 0 Å². The van der Waals surface area contributed by atoms with Gasteiger partial charge in [-0.1, -0.05) is 12.4 Å². The molecule has 0 saturated heterocycles. The molecule has 0 aliphatic carbocycles. The van der Waals surface area contributed by atoms with E-state index >= 15 is 0 Å². The van der Waals surface area contributed by atoms with Gasteiger partial charge in [0, 0.05) is 5.54 Å². The van der Waals surface area contributed by atoms with Gasteiger partial charge in [-0.3, -0.25) is 0 Å². The molecule has 0 fully saturated rings. The molecule has 1 aromatic rings. The largest absolute Gasteiger partial charge is 2.00 e. The van der Waals surface area contributed by atoms with E-state index in [1.54, 1.807) is 12.4 Å². The summed E-state index contributed by atoms with van der Waals surface area (Å²) in [5, 5.41) is 0. The minimum atomic E-state index is 0. The Labute approximate surface area is 111 Å². The van der Waals surface area contributed by atoms with Crippen LogP contribution in [0.5, 0.6) is 0 Å². The third-order valence-electron chi connectivity index (χ3n) is 2.29. The van der Waals surface area contributed by atoms with Gasteiger partial charge in [0.2, 0.25) is 0 Å². The average molecular weight is 396 g/mol. The second-order valence-corrected chi connectivity index (χ2v) is 4.52. The molecule has 16 heavy (non-hydrogen) atoms. The van der Waals surface area contributed by atoms with Crippen LogP contribution in [0.3, 0.4) is 0 Å². The van der Waals surface area contributed by atoms with Crippen molar-refractivity contribution in [2.24, 2.45) is 0 Å². The van der Waals surface area contributed by atoms with E-state index in [4.69, 9.17) is 0 Å². The van der Waals surface area contributed by atoms with Crippen LogP contribution in [0.1, 0.15) is 20.8 Å². The van der Waals surface area contributed by atoms with Crippen LogP contribution in [0.15, 0.2) is 30.9 Å². The van der Waals surface area contributed by atoms with Gasteiger partial charge in [-0.25, -0.2) is 6.07 Å². The van der Waals surface area contributed by atoms with Gasteiger partial charge in [-0.2, -0.15) is 18.4 Å². The molecule has 2 heterocycles. The van der Waals surface area contributed by atoms with Crippen LogP contribution in [0.2, 0.25) is 0 Å². The van der Waals surface area contributed by atoms with Crippen LogP contribution in [-0.4, -0.2) is 15.4 Å². The molecule has 2 rings (SSSR count). The van der Waals surface area contributed by atoms with Crippen molar-refractivity contribution in [3.8, 4) is 0 Å². The van der Waals surface area contributed by atoms with Crippen molar-refractivity contribution in [1.82, 2.24) is 9.88 Å². The number of nitrogens with zero attached hydrogens (tertiary/aromatic N) is 3. The first-order valence-electron chi connectivity index (χ1n) is 4.99. The number of hydrogen-bond donors (Lipinski definition) is 0. The number of anilines is 1. The molecule has 88 valence electrons.